The number of anilines is 2. The zero-order valence-electron chi connectivity index (χ0n) is 11.2. The molecular weight excluding hydrogens is 292 g/mol. The van der Waals surface area contributed by atoms with Crippen LogP contribution in [0, 0.1) is 0 Å². The van der Waals surface area contributed by atoms with E-state index in [1.165, 1.54) is 25.1 Å². The predicted octanol–water partition coefficient (Wildman–Crippen LogP) is 3.26. The molecule has 0 saturated heterocycles. The van der Waals surface area contributed by atoms with E-state index in [0.717, 1.165) is 0 Å². The van der Waals surface area contributed by atoms with Crippen molar-refractivity contribution in [3.8, 4) is 5.75 Å². The van der Waals surface area contributed by atoms with Crippen molar-refractivity contribution in [3.63, 3.8) is 0 Å². The number of halogens is 1. The van der Waals surface area contributed by atoms with E-state index in [2.05, 4.69) is 10.6 Å². The van der Waals surface area contributed by atoms with Gasteiger partial charge in [-0.05, 0) is 42.5 Å². The molecule has 3 N–H and O–H groups in total. The molecule has 0 saturated carbocycles. The average molecular weight is 305 g/mol. The molecule has 0 heterocycles. The van der Waals surface area contributed by atoms with Crippen LogP contribution in [-0.2, 0) is 4.79 Å². The normalized spacial score (nSPS) is 10.0. The zero-order chi connectivity index (χ0) is 15.4. The molecule has 2 rings (SSSR count). The van der Waals surface area contributed by atoms with E-state index < -0.39 is 5.91 Å². The van der Waals surface area contributed by atoms with Gasteiger partial charge in [-0.3, -0.25) is 9.59 Å². The minimum atomic E-state index is -0.428. The number of amides is 2. The van der Waals surface area contributed by atoms with Crippen LogP contribution < -0.4 is 10.6 Å². The molecular formula is C15H13ClN2O3. The average Bonchev–Trinajstić information content (AvgIpc) is 2.43. The van der Waals surface area contributed by atoms with E-state index in [1.807, 2.05) is 0 Å². The highest BCUT2D eigenvalue weighted by molar-refractivity contribution is 6.34. The van der Waals surface area contributed by atoms with Crippen molar-refractivity contribution in [2.24, 2.45) is 0 Å². The van der Waals surface area contributed by atoms with Gasteiger partial charge in [0, 0.05) is 18.3 Å². The first-order valence-electron chi connectivity index (χ1n) is 6.13. The van der Waals surface area contributed by atoms with Gasteiger partial charge in [-0.25, -0.2) is 0 Å². The van der Waals surface area contributed by atoms with Crippen molar-refractivity contribution < 1.29 is 14.7 Å². The topological polar surface area (TPSA) is 78.4 Å². The molecule has 0 fully saturated rings. The molecule has 0 aliphatic heterocycles. The zero-order valence-corrected chi connectivity index (χ0v) is 11.9. The van der Waals surface area contributed by atoms with Gasteiger partial charge in [0.25, 0.3) is 5.91 Å². The summed E-state index contributed by atoms with van der Waals surface area (Å²) in [6, 6.07) is 10.8. The van der Waals surface area contributed by atoms with E-state index in [9.17, 15) is 14.7 Å². The Hall–Kier alpha value is -2.53. The van der Waals surface area contributed by atoms with Crippen LogP contribution in [0.5, 0.6) is 5.75 Å². The van der Waals surface area contributed by atoms with Crippen LogP contribution in [0.4, 0.5) is 11.4 Å². The number of benzene rings is 2. The van der Waals surface area contributed by atoms with Crippen molar-refractivity contribution in [1.29, 1.82) is 0 Å². The minimum Gasteiger partial charge on any atom is -0.508 e. The molecule has 0 aromatic heterocycles. The summed E-state index contributed by atoms with van der Waals surface area (Å²) in [6.45, 7) is 1.42. The Labute approximate surface area is 126 Å². The lowest BCUT2D eigenvalue weighted by molar-refractivity contribution is -0.114. The number of rotatable bonds is 3. The van der Waals surface area contributed by atoms with Gasteiger partial charge in [0.15, 0.2) is 0 Å². The van der Waals surface area contributed by atoms with Gasteiger partial charge in [-0.15, -0.1) is 0 Å². The van der Waals surface area contributed by atoms with Crippen LogP contribution in [0.3, 0.4) is 0 Å². The fourth-order valence-corrected chi connectivity index (χ4v) is 1.93. The lowest BCUT2D eigenvalue weighted by atomic mass is 10.2. The van der Waals surface area contributed by atoms with Crippen molar-refractivity contribution >= 4 is 34.8 Å². The first-order chi connectivity index (χ1) is 9.95. The van der Waals surface area contributed by atoms with Gasteiger partial charge in [0.1, 0.15) is 5.75 Å². The third-order valence-corrected chi connectivity index (χ3v) is 2.99. The Kier molecular flexibility index (Phi) is 4.45. The smallest absolute Gasteiger partial charge is 0.257 e. The molecule has 0 spiro atoms. The second kappa shape index (κ2) is 6.28. The Bertz CT molecular complexity index is 684. The van der Waals surface area contributed by atoms with E-state index in [-0.39, 0.29) is 22.2 Å². The summed E-state index contributed by atoms with van der Waals surface area (Å²) in [6.07, 6.45) is 0. The van der Waals surface area contributed by atoms with Crippen molar-refractivity contribution in [2.75, 3.05) is 10.6 Å². The fourth-order valence-electron chi connectivity index (χ4n) is 1.73. The van der Waals surface area contributed by atoms with Crippen LogP contribution >= 0.6 is 11.6 Å². The molecule has 0 radical (unpaired) electrons. The van der Waals surface area contributed by atoms with Crippen LogP contribution in [-0.4, -0.2) is 16.9 Å². The van der Waals surface area contributed by atoms with E-state index in [0.29, 0.717) is 11.4 Å². The number of hydrogen-bond donors (Lipinski definition) is 3. The Morgan fingerprint density at radius 3 is 2.14 bits per heavy atom. The molecule has 0 atom stereocenters. The van der Waals surface area contributed by atoms with Crippen LogP contribution in [0.1, 0.15) is 17.3 Å². The standard InChI is InChI=1S/C15H13ClN2O3/c1-9(19)17-10-2-4-11(5-3-10)18-15(21)13-8-12(20)6-7-14(13)16/h2-8,20H,1H3,(H,17,19)(H,18,21). The summed E-state index contributed by atoms with van der Waals surface area (Å²) < 4.78 is 0. The molecule has 6 heteroatoms. The van der Waals surface area contributed by atoms with Crippen molar-refractivity contribution in [1.82, 2.24) is 0 Å². The molecule has 2 aromatic carbocycles. The maximum Gasteiger partial charge on any atom is 0.257 e. The summed E-state index contributed by atoms with van der Waals surface area (Å²) in [5.41, 5.74) is 1.37. The first kappa shape index (κ1) is 14.9. The van der Waals surface area contributed by atoms with Gasteiger partial charge in [-0.1, -0.05) is 11.6 Å². The largest absolute Gasteiger partial charge is 0.508 e. The van der Waals surface area contributed by atoms with E-state index >= 15 is 0 Å². The number of carbonyl (C=O) groups excluding carboxylic acids is 2. The number of nitrogens with one attached hydrogen (secondary N) is 2. The Balaban J connectivity index is 2.12. The molecule has 2 amide bonds. The third kappa shape index (κ3) is 3.97. The second-order valence-corrected chi connectivity index (χ2v) is 4.78. The second-order valence-electron chi connectivity index (χ2n) is 4.38. The fraction of sp³-hybridized carbons (Fsp3) is 0.0667. The first-order valence-corrected chi connectivity index (χ1v) is 6.51. The summed E-state index contributed by atoms with van der Waals surface area (Å²) in [4.78, 5) is 23.0. The van der Waals surface area contributed by atoms with E-state index in [4.69, 9.17) is 11.6 Å². The molecule has 0 aliphatic carbocycles. The van der Waals surface area contributed by atoms with Gasteiger partial charge >= 0.3 is 0 Å². The van der Waals surface area contributed by atoms with Gasteiger partial charge in [0.05, 0.1) is 10.6 Å². The number of aromatic hydroxyl groups is 1. The highest BCUT2D eigenvalue weighted by Crippen LogP contribution is 2.22. The monoisotopic (exact) mass is 304 g/mol. The van der Waals surface area contributed by atoms with Crippen LogP contribution in [0.2, 0.25) is 5.02 Å². The van der Waals surface area contributed by atoms with Gasteiger partial charge < -0.3 is 15.7 Å². The highest BCUT2D eigenvalue weighted by Gasteiger charge is 2.11. The summed E-state index contributed by atoms with van der Waals surface area (Å²) in [7, 11) is 0. The maximum atomic E-state index is 12.1. The number of phenols is 1. The molecule has 0 bridgehead atoms. The maximum absolute atomic E-state index is 12.1. The number of hydrogen-bond acceptors (Lipinski definition) is 3. The van der Waals surface area contributed by atoms with Crippen LogP contribution in [0.25, 0.3) is 0 Å². The van der Waals surface area contributed by atoms with Gasteiger partial charge in [0.2, 0.25) is 5.91 Å². The highest BCUT2D eigenvalue weighted by atomic mass is 35.5. The van der Waals surface area contributed by atoms with E-state index in [1.54, 1.807) is 24.3 Å². The minimum absolute atomic E-state index is 0.0365. The SMILES string of the molecule is CC(=O)Nc1ccc(NC(=O)c2cc(O)ccc2Cl)cc1. The summed E-state index contributed by atoms with van der Waals surface area (Å²) in [5, 5.41) is 14.9. The van der Waals surface area contributed by atoms with Crippen molar-refractivity contribution in [2.45, 2.75) is 6.92 Å². The number of phenolic OH excluding ortho intramolecular Hbond substituents is 1. The summed E-state index contributed by atoms with van der Waals surface area (Å²) in [5.74, 6) is -0.632. The van der Waals surface area contributed by atoms with Crippen LogP contribution in [0.15, 0.2) is 42.5 Å². The molecule has 21 heavy (non-hydrogen) atoms. The molecule has 0 unspecified atom stereocenters. The Morgan fingerprint density at radius 1 is 1.00 bits per heavy atom. The molecule has 2 aromatic rings. The molecule has 0 aliphatic rings. The number of carbonyl (C=O) groups is 2. The summed E-state index contributed by atoms with van der Waals surface area (Å²) >= 11 is 5.92. The molecule has 108 valence electrons. The quantitative estimate of drug-likeness (QED) is 0.814. The third-order valence-electron chi connectivity index (χ3n) is 2.66. The van der Waals surface area contributed by atoms with Crippen molar-refractivity contribution in [3.05, 3.63) is 53.1 Å². The lowest BCUT2D eigenvalue weighted by Gasteiger charge is -2.08. The molecule has 5 nitrogen and oxygen atoms in total. The Morgan fingerprint density at radius 2 is 1.57 bits per heavy atom. The van der Waals surface area contributed by atoms with Gasteiger partial charge in [-0.2, -0.15) is 0 Å². The predicted molar refractivity (Wildman–Crippen MR) is 81.8 cm³/mol. The lowest BCUT2D eigenvalue weighted by Crippen LogP contribution is -2.12.